The lowest BCUT2D eigenvalue weighted by Crippen LogP contribution is -2.38. The minimum atomic E-state index is 0.179. The van der Waals surface area contributed by atoms with Crippen molar-refractivity contribution < 1.29 is 0 Å². The summed E-state index contributed by atoms with van der Waals surface area (Å²) in [5.74, 6) is 0.772. The van der Waals surface area contributed by atoms with Gasteiger partial charge in [0.1, 0.15) is 0 Å². The SMILES string of the molecule is C=C(CNC(C)(C)C)CN(C)CC(C)CC. The third kappa shape index (κ3) is 8.93. The highest BCUT2D eigenvalue weighted by Crippen LogP contribution is 2.05. The topological polar surface area (TPSA) is 15.3 Å². The zero-order valence-electron chi connectivity index (χ0n) is 12.1. The molecule has 2 nitrogen and oxygen atoms in total. The van der Waals surface area contributed by atoms with Gasteiger partial charge in [0.2, 0.25) is 0 Å². The van der Waals surface area contributed by atoms with Crippen LogP contribution in [-0.4, -0.2) is 37.1 Å². The quantitative estimate of drug-likeness (QED) is 0.672. The average molecular weight is 226 g/mol. The fraction of sp³-hybridized carbons (Fsp3) is 0.857. The van der Waals surface area contributed by atoms with Gasteiger partial charge in [-0.25, -0.2) is 0 Å². The molecule has 0 bridgehead atoms. The predicted molar refractivity (Wildman–Crippen MR) is 73.8 cm³/mol. The monoisotopic (exact) mass is 226 g/mol. The molecule has 96 valence electrons. The second kappa shape index (κ2) is 7.08. The molecule has 0 amide bonds. The Labute approximate surface area is 102 Å². The van der Waals surface area contributed by atoms with Gasteiger partial charge < -0.3 is 10.2 Å². The molecule has 0 aliphatic heterocycles. The van der Waals surface area contributed by atoms with Crippen LogP contribution in [0.25, 0.3) is 0 Å². The van der Waals surface area contributed by atoms with Crippen molar-refractivity contribution in [2.75, 3.05) is 26.7 Å². The molecule has 16 heavy (non-hydrogen) atoms. The lowest BCUT2D eigenvalue weighted by atomic mass is 10.1. The molecule has 1 atom stereocenters. The smallest absolute Gasteiger partial charge is 0.0199 e. The maximum atomic E-state index is 4.13. The van der Waals surface area contributed by atoms with E-state index in [2.05, 4.69) is 58.5 Å². The molecule has 2 heteroatoms. The van der Waals surface area contributed by atoms with Crippen LogP contribution in [0.5, 0.6) is 0 Å². The third-order valence-corrected chi connectivity index (χ3v) is 2.68. The Morgan fingerprint density at radius 1 is 1.38 bits per heavy atom. The molecule has 1 unspecified atom stereocenters. The first kappa shape index (κ1) is 15.7. The second-order valence-corrected chi connectivity index (χ2v) is 6.06. The van der Waals surface area contributed by atoms with Crippen LogP contribution in [0.4, 0.5) is 0 Å². The number of rotatable bonds is 7. The fourth-order valence-electron chi connectivity index (χ4n) is 1.55. The van der Waals surface area contributed by atoms with Crippen molar-refractivity contribution >= 4 is 0 Å². The van der Waals surface area contributed by atoms with Gasteiger partial charge in [-0.15, -0.1) is 0 Å². The number of nitrogens with one attached hydrogen (secondary N) is 1. The fourth-order valence-corrected chi connectivity index (χ4v) is 1.55. The zero-order chi connectivity index (χ0) is 12.8. The largest absolute Gasteiger partial charge is 0.308 e. The average Bonchev–Trinajstić information content (AvgIpc) is 2.13. The Hall–Kier alpha value is -0.340. The molecule has 1 N–H and O–H groups in total. The van der Waals surface area contributed by atoms with Crippen molar-refractivity contribution in [1.29, 1.82) is 0 Å². The van der Waals surface area contributed by atoms with E-state index in [0.717, 1.165) is 25.6 Å². The van der Waals surface area contributed by atoms with Crippen LogP contribution in [0, 0.1) is 5.92 Å². The summed E-state index contributed by atoms with van der Waals surface area (Å²) in [6.07, 6.45) is 1.25. The van der Waals surface area contributed by atoms with Gasteiger partial charge in [-0.2, -0.15) is 0 Å². The summed E-state index contributed by atoms with van der Waals surface area (Å²) in [5.41, 5.74) is 1.44. The van der Waals surface area contributed by atoms with Crippen LogP contribution in [0.15, 0.2) is 12.2 Å². The first-order valence-electron chi connectivity index (χ1n) is 6.34. The normalized spacial score (nSPS) is 14.2. The van der Waals surface area contributed by atoms with Crippen molar-refractivity contribution in [2.45, 2.75) is 46.6 Å². The van der Waals surface area contributed by atoms with E-state index in [1.807, 2.05) is 0 Å². The summed E-state index contributed by atoms with van der Waals surface area (Å²) < 4.78 is 0. The van der Waals surface area contributed by atoms with Crippen molar-refractivity contribution in [3.63, 3.8) is 0 Å². The van der Waals surface area contributed by atoms with Crippen LogP contribution in [0.3, 0.4) is 0 Å². The molecule has 0 aromatic carbocycles. The molecular formula is C14H30N2. The van der Waals surface area contributed by atoms with E-state index >= 15 is 0 Å². The molecule has 0 rings (SSSR count). The van der Waals surface area contributed by atoms with Gasteiger partial charge in [0.15, 0.2) is 0 Å². The second-order valence-electron chi connectivity index (χ2n) is 6.06. The maximum Gasteiger partial charge on any atom is 0.0199 e. The van der Waals surface area contributed by atoms with Crippen LogP contribution in [-0.2, 0) is 0 Å². The Morgan fingerprint density at radius 3 is 2.38 bits per heavy atom. The first-order valence-corrected chi connectivity index (χ1v) is 6.34. The standard InChI is InChI=1S/C14H30N2/c1-8-12(2)10-16(7)11-13(3)9-15-14(4,5)6/h12,15H,3,8-11H2,1-2,4-7H3. The van der Waals surface area contributed by atoms with Gasteiger partial charge in [-0.1, -0.05) is 26.8 Å². The Kier molecular flexibility index (Phi) is 6.93. The highest BCUT2D eigenvalue weighted by Gasteiger charge is 2.10. The summed E-state index contributed by atoms with van der Waals surface area (Å²) >= 11 is 0. The number of likely N-dealkylation sites (N-methyl/N-ethyl adjacent to an activating group) is 1. The number of hydrogen-bond donors (Lipinski definition) is 1. The van der Waals surface area contributed by atoms with Crippen molar-refractivity contribution in [3.05, 3.63) is 12.2 Å². The van der Waals surface area contributed by atoms with Gasteiger partial charge in [0, 0.05) is 25.2 Å². The van der Waals surface area contributed by atoms with Gasteiger partial charge in [-0.3, -0.25) is 0 Å². The first-order chi connectivity index (χ1) is 7.24. The zero-order valence-corrected chi connectivity index (χ0v) is 12.1. The Balaban J connectivity index is 3.79. The van der Waals surface area contributed by atoms with Crippen LogP contribution in [0.1, 0.15) is 41.0 Å². The Morgan fingerprint density at radius 2 is 1.94 bits per heavy atom. The van der Waals surface area contributed by atoms with Crippen molar-refractivity contribution in [2.24, 2.45) is 5.92 Å². The van der Waals surface area contributed by atoms with E-state index in [0.29, 0.717) is 0 Å². The van der Waals surface area contributed by atoms with Gasteiger partial charge in [0.25, 0.3) is 0 Å². The summed E-state index contributed by atoms with van der Waals surface area (Å²) in [6.45, 7) is 18.3. The molecule has 0 aromatic heterocycles. The molecular weight excluding hydrogens is 196 g/mol. The van der Waals surface area contributed by atoms with Crippen molar-refractivity contribution in [1.82, 2.24) is 10.2 Å². The molecule has 0 saturated heterocycles. The van der Waals surface area contributed by atoms with E-state index in [4.69, 9.17) is 0 Å². The van der Waals surface area contributed by atoms with Crippen LogP contribution < -0.4 is 5.32 Å². The van der Waals surface area contributed by atoms with E-state index in [9.17, 15) is 0 Å². The Bertz CT molecular complexity index is 203. The minimum Gasteiger partial charge on any atom is -0.308 e. The molecule has 0 saturated carbocycles. The molecule has 0 aliphatic rings. The highest BCUT2D eigenvalue weighted by atomic mass is 15.1. The molecule has 0 radical (unpaired) electrons. The number of nitrogens with zero attached hydrogens (tertiary/aromatic N) is 1. The lowest BCUT2D eigenvalue weighted by Gasteiger charge is -2.25. The summed E-state index contributed by atoms with van der Waals surface area (Å²) in [4.78, 5) is 2.36. The predicted octanol–water partition coefficient (Wildman–Crippen LogP) is 2.91. The van der Waals surface area contributed by atoms with Crippen LogP contribution >= 0.6 is 0 Å². The summed E-state index contributed by atoms with van der Waals surface area (Å²) in [6, 6.07) is 0. The van der Waals surface area contributed by atoms with Crippen molar-refractivity contribution in [3.8, 4) is 0 Å². The van der Waals surface area contributed by atoms with E-state index in [1.165, 1.54) is 12.0 Å². The molecule has 0 spiro atoms. The third-order valence-electron chi connectivity index (χ3n) is 2.68. The van der Waals surface area contributed by atoms with E-state index in [-0.39, 0.29) is 5.54 Å². The van der Waals surface area contributed by atoms with E-state index in [1.54, 1.807) is 0 Å². The van der Waals surface area contributed by atoms with Gasteiger partial charge in [0.05, 0.1) is 0 Å². The highest BCUT2D eigenvalue weighted by molar-refractivity contribution is 5.00. The van der Waals surface area contributed by atoms with E-state index < -0.39 is 0 Å². The summed E-state index contributed by atoms with van der Waals surface area (Å²) in [5, 5.41) is 3.47. The summed E-state index contributed by atoms with van der Waals surface area (Å²) in [7, 11) is 2.18. The maximum absolute atomic E-state index is 4.13. The molecule has 0 fully saturated rings. The van der Waals surface area contributed by atoms with Gasteiger partial charge in [-0.05, 0) is 39.3 Å². The number of hydrogen-bond acceptors (Lipinski definition) is 2. The molecule has 0 heterocycles. The molecule has 0 aromatic rings. The molecule has 0 aliphatic carbocycles. The van der Waals surface area contributed by atoms with Gasteiger partial charge >= 0.3 is 0 Å². The van der Waals surface area contributed by atoms with Crippen LogP contribution in [0.2, 0.25) is 0 Å². The lowest BCUT2D eigenvalue weighted by molar-refractivity contribution is 0.298. The minimum absolute atomic E-state index is 0.179.